The molecule has 0 aliphatic carbocycles. The lowest BCUT2D eigenvalue weighted by molar-refractivity contribution is 0.116. The zero-order valence-corrected chi connectivity index (χ0v) is 13.0. The molecule has 5 nitrogen and oxygen atoms in total. The summed E-state index contributed by atoms with van der Waals surface area (Å²) in [6.07, 6.45) is 1.11. The molecule has 1 aliphatic rings. The normalized spacial score (nSPS) is 21.8. The van der Waals surface area contributed by atoms with Crippen LogP contribution in [0.15, 0.2) is 33.7 Å². The maximum atomic E-state index is 5.36. The van der Waals surface area contributed by atoms with E-state index in [1.165, 1.54) is 10.5 Å². The first kappa shape index (κ1) is 14.6. The van der Waals surface area contributed by atoms with Gasteiger partial charge in [0.25, 0.3) is 0 Å². The van der Waals surface area contributed by atoms with Crippen molar-refractivity contribution in [2.75, 3.05) is 13.7 Å². The van der Waals surface area contributed by atoms with Crippen LogP contribution >= 0.6 is 11.8 Å². The molecule has 0 radical (unpaired) electrons. The minimum Gasteiger partial charge on any atom is -0.380 e. The van der Waals surface area contributed by atoms with Gasteiger partial charge in [0.15, 0.2) is 5.82 Å². The molecule has 2 aromatic rings. The van der Waals surface area contributed by atoms with Crippen molar-refractivity contribution in [3.05, 3.63) is 41.5 Å². The number of hydrogen-bond donors (Lipinski definition) is 1. The van der Waals surface area contributed by atoms with Crippen molar-refractivity contribution in [1.29, 1.82) is 0 Å². The number of aryl methyl sites for hydroxylation is 1. The van der Waals surface area contributed by atoms with E-state index in [0.29, 0.717) is 11.6 Å². The van der Waals surface area contributed by atoms with Gasteiger partial charge in [-0.3, -0.25) is 0 Å². The van der Waals surface area contributed by atoms with Crippen LogP contribution in [0.25, 0.3) is 0 Å². The van der Waals surface area contributed by atoms with Gasteiger partial charge in [-0.05, 0) is 25.5 Å². The van der Waals surface area contributed by atoms with Gasteiger partial charge >= 0.3 is 0 Å². The van der Waals surface area contributed by atoms with Crippen LogP contribution in [0.1, 0.15) is 29.7 Å². The number of hydrogen-bond acceptors (Lipinski definition) is 6. The molecule has 0 saturated carbocycles. The first-order valence-corrected chi connectivity index (χ1v) is 8.01. The molecule has 2 unspecified atom stereocenters. The maximum absolute atomic E-state index is 5.36. The summed E-state index contributed by atoms with van der Waals surface area (Å²) in [5, 5.41) is 7.40. The van der Waals surface area contributed by atoms with Crippen molar-refractivity contribution >= 4 is 11.8 Å². The second kappa shape index (κ2) is 6.60. The van der Waals surface area contributed by atoms with Crippen molar-refractivity contribution in [2.24, 2.45) is 0 Å². The van der Waals surface area contributed by atoms with Crippen LogP contribution in [-0.4, -0.2) is 29.9 Å². The Labute approximate surface area is 128 Å². The van der Waals surface area contributed by atoms with Gasteiger partial charge in [-0.25, -0.2) is 0 Å². The average molecular weight is 305 g/mol. The summed E-state index contributed by atoms with van der Waals surface area (Å²) in [6, 6.07) is 8.52. The zero-order valence-electron chi connectivity index (χ0n) is 12.2. The number of ether oxygens (including phenoxy) is 1. The molecule has 1 aromatic carbocycles. The van der Waals surface area contributed by atoms with Crippen LogP contribution in [0.4, 0.5) is 0 Å². The van der Waals surface area contributed by atoms with E-state index in [2.05, 4.69) is 46.6 Å². The largest absolute Gasteiger partial charge is 0.380 e. The highest BCUT2D eigenvalue weighted by Gasteiger charge is 2.29. The van der Waals surface area contributed by atoms with Gasteiger partial charge in [-0.15, -0.1) is 11.8 Å². The van der Waals surface area contributed by atoms with Gasteiger partial charge in [0.05, 0.1) is 17.9 Å². The Morgan fingerprint density at radius 3 is 3.14 bits per heavy atom. The molecule has 1 fully saturated rings. The molecule has 0 amide bonds. The van der Waals surface area contributed by atoms with Crippen molar-refractivity contribution in [3.63, 3.8) is 0 Å². The van der Waals surface area contributed by atoms with Crippen LogP contribution in [0.3, 0.4) is 0 Å². The Hall–Kier alpha value is -1.37. The monoisotopic (exact) mass is 305 g/mol. The van der Waals surface area contributed by atoms with Gasteiger partial charge in [0, 0.05) is 18.6 Å². The lowest BCUT2D eigenvalue weighted by atomic mass is 10.2. The highest BCUT2D eigenvalue weighted by atomic mass is 32.2. The molecule has 1 N–H and O–H groups in total. The minimum atomic E-state index is 0.111. The number of thioether (sulfide) groups is 1. The summed E-state index contributed by atoms with van der Waals surface area (Å²) >= 11 is 1.72. The molecule has 6 heteroatoms. The van der Waals surface area contributed by atoms with Gasteiger partial charge < -0.3 is 14.6 Å². The van der Waals surface area contributed by atoms with E-state index in [4.69, 9.17) is 9.26 Å². The molecule has 3 rings (SSSR count). The quantitative estimate of drug-likeness (QED) is 0.857. The Bertz CT molecular complexity index is 602. The smallest absolute Gasteiger partial charge is 0.243 e. The third-order valence-corrected chi connectivity index (χ3v) is 4.55. The predicted molar refractivity (Wildman–Crippen MR) is 81.2 cm³/mol. The SMILES string of the molecule is COC1CNC(c2nc(CSc3cccc(C)c3)no2)C1. The maximum Gasteiger partial charge on any atom is 0.243 e. The number of benzene rings is 1. The number of methoxy groups -OCH3 is 1. The molecule has 21 heavy (non-hydrogen) atoms. The summed E-state index contributed by atoms with van der Waals surface area (Å²) in [5.74, 6) is 2.11. The van der Waals surface area contributed by atoms with E-state index in [-0.39, 0.29) is 12.1 Å². The summed E-state index contributed by atoms with van der Waals surface area (Å²) in [7, 11) is 1.73. The van der Waals surface area contributed by atoms with Crippen LogP contribution in [0.2, 0.25) is 0 Å². The fourth-order valence-corrected chi connectivity index (χ4v) is 3.25. The fraction of sp³-hybridized carbons (Fsp3) is 0.467. The number of aromatic nitrogens is 2. The lowest BCUT2D eigenvalue weighted by Gasteiger charge is -2.04. The van der Waals surface area contributed by atoms with E-state index >= 15 is 0 Å². The molecular weight excluding hydrogens is 286 g/mol. The van der Waals surface area contributed by atoms with E-state index < -0.39 is 0 Å². The molecule has 1 aliphatic heterocycles. The highest BCUT2D eigenvalue weighted by molar-refractivity contribution is 7.98. The van der Waals surface area contributed by atoms with Gasteiger partial charge in [-0.2, -0.15) is 4.98 Å². The van der Waals surface area contributed by atoms with Crippen LogP contribution < -0.4 is 5.32 Å². The van der Waals surface area contributed by atoms with Crippen LogP contribution in [0, 0.1) is 6.92 Å². The third-order valence-electron chi connectivity index (χ3n) is 3.56. The lowest BCUT2D eigenvalue weighted by Crippen LogP contribution is -2.16. The Balaban J connectivity index is 1.58. The molecule has 112 valence electrons. The number of nitrogens with zero attached hydrogens (tertiary/aromatic N) is 2. The first-order valence-electron chi connectivity index (χ1n) is 7.02. The van der Waals surface area contributed by atoms with Gasteiger partial charge in [0.2, 0.25) is 5.89 Å². The molecule has 0 spiro atoms. The topological polar surface area (TPSA) is 60.2 Å². The first-order chi connectivity index (χ1) is 10.2. The van der Waals surface area contributed by atoms with Crippen LogP contribution in [0.5, 0.6) is 0 Å². The summed E-state index contributed by atoms with van der Waals surface area (Å²) < 4.78 is 10.7. The predicted octanol–water partition coefficient (Wildman–Crippen LogP) is 2.72. The minimum absolute atomic E-state index is 0.111. The summed E-state index contributed by atoms with van der Waals surface area (Å²) in [5.41, 5.74) is 1.26. The number of nitrogens with one attached hydrogen (secondary N) is 1. The summed E-state index contributed by atoms with van der Waals surface area (Å²) in [4.78, 5) is 5.70. The van der Waals surface area contributed by atoms with Crippen molar-refractivity contribution in [3.8, 4) is 0 Å². The summed E-state index contributed by atoms with van der Waals surface area (Å²) in [6.45, 7) is 2.92. The van der Waals surface area contributed by atoms with E-state index in [1.54, 1.807) is 18.9 Å². The van der Waals surface area contributed by atoms with E-state index in [1.807, 2.05) is 0 Å². The molecule has 0 bridgehead atoms. The molecule has 1 saturated heterocycles. The van der Waals surface area contributed by atoms with Crippen LogP contribution in [-0.2, 0) is 10.5 Å². The van der Waals surface area contributed by atoms with E-state index in [0.717, 1.165) is 18.8 Å². The van der Waals surface area contributed by atoms with Gasteiger partial charge in [-0.1, -0.05) is 22.9 Å². The standard InChI is InChI=1S/C15H19N3O2S/c1-10-4-3-5-12(6-10)21-9-14-17-15(20-18-14)13-7-11(19-2)8-16-13/h3-6,11,13,16H,7-9H2,1-2H3. The molecular formula is C15H19N3O2S. The Kier molecular flexibility index (Phi) is 4.57. The average Bonchev–Trinajstić information content (AvgIpc) is 3.14. The van der Waals surface area contributed by atoms with Gasteiger partial charge in [0.1, 0.15) is 0 Å². The molecule has 1 aromatic heterocycles. The van der Waals surface area contributed by atoms with Crippen molar-refractivity contribution in [1.82, 2.24) is 15.5 Å². The third kappa shape index (κ3) is 3.64. The van der Waals surface area contributed by atoms with Crippen molar-refractivity contribution < 1.29 is 9.26 Å². The van der Waals surface area contributed by atoms with Crippen molar-refractivity contribution in [2.45, 2.75) is 36.1 Å². The van der Waals surface area contributed by atoms with E-state index in [9.17, 15) is 0 Å². The zero-order chi connectivity index (χ0) is 14.7. The fourth-order valence-electron chi connectivity index (χ4n) is 2.39. The Morgan fingerprint density at radius 1 is 1.48 bits per heavy atom. The molecule has 2 atom stereocenters. The Morgan fingerprint density at radius 2 is 2.38 bits per heavy atom. The second-order valence-electron chi connectivity index (χ2n) is 5.21. The number of rotatable bonds is 5. The second-order valence-corrected chi connectivity index (χ2v) is 6.26. The molecule has 2 heterocycles. The highest BCUT2D eigenvalue weighted by Crippen LogP contribution is 2.26.